The van der Waals surface area contributed by atoms with Crippen molar-refractivity contribution in [2.75, 3.05) is 23.8 Å². The number of nitrogens with one attached hydrogen (secondary N) is 2. The van der Waals surface area contributed by atoms with E-state index < -0.39 is 11.7 Å². The maximum absolute atomic E-state index is 13.7. The highest BCUT2D eigenvalue weighted by Crippen LogP contribution is 2.37. The van der Waals surface area contributed by atoms with E-state index in [-0.39, 0.29) is 11.8 Å². The van der Waals surface area contributed by atoms with Gasteiger partial charge in [-0.2, -0.15) is 18.2 Å². The predicted octanol–water partition coefficient (Wildman–Crippen LogP) is 8.51. The lowest BCUT2D eigenvalue weighted by Crippen LogP contribution is -2.13. The van der Waals surface area contributed by atoms with E-state index in [2.05, 4.69) is 34.4 Å². The highest BCUT2D eigenvalue weighted by molar-refractivity contribution is 5.67. The van der Waals surface area contributed by atoms with Gasteiger partial charge in [0.25, 0.3) is 0 Å². The van der Waals surface area contributed by atoms with Crippen LogP contribution in [0.15, 0.2) is 54.7 Å². The SMILES string of the molecule is CCCCCCOc1ccc(Nc2ncc(C(F)(F)F)c(Nc3ccccc3OCCCCC)n2)cc1. The fraction of sp³-hybridized carbons (Fsp3) is 0.429. The first kappa shape index (κ1) is 28.1. The summed E-state index contributed by atoms with van der Waals surface area (Å²) < 4.78 is 52.7. The van der Waals surface area contributed by atoms with Crippen LogP contribution in [0.5, 0.6) is 11.5 Å². The summed E-state index contributed by atoms with van der Waals surface area (Å²) in [6.07, 6.45) is 3.55. The van der Waals surface area contributed by atoms with Gasteiger partial charge in [-0.1, -0.05) is 58.1 Å². The predicted molar refractivity (Wildman–Crippen MR) is 141 cm³/mol. The van der Waals surface area contributed by atoms with Crippen LogP contribution in [0.4, 0.5) is 36.3 Å². The number of ether oxygens (including phenoxy) is 2. The number of anilines is 4. The number of halogens is 3. The first-order chi connectivity index (χ1) is 17.9. The molecule has 2 aromatic carbocycles. The zero-order valence-corrected chi connectivity index (χ0v) is 21.4. The van der Waals surface area contributed by atoms with Crippen LogP contribution < -0.4 is 20.1 Å². The van der Waals surface area contributed by atoms with E-state index in [0.29, 0.717) is 30.3 Å². The van der Waals surface area contributed by atoms with Crippen LogP contribution in [0.3, 0.4) is 0 Å². The second kappa shape index (κ2) is 14.3. The maximum atomic E-state index is 13.7. The number of alkyl halides is 3. The van der Waals surface area contributed by atoms with Crippen molar-refractivity contribution >= 4 is 23.1 Å². The number of aromatic nitrogens is 2. The average molecular weight is 517 g/mol. The van der Waals surface area contributed by atoms with Crippen LogP contribution in [0.2, 0.25) is 0 Å². The summed E-state index contributed by atoms with van der Waals surface area (Å²) in [5, 5.41) is 5.77. The molecule has 0 fully saturated rings. The molecule has 0 atom stereocenters. The molecule has 3 rings (SSSR count). The molecule has 0 aliphatic heterocycles. The normalized spacial score (nSPS) is 11.3. The number of nitrogens with zero attached hydrogens (tertiary/aromatic N) is 2. The summed E-state index contributed by atoms with van der Waals surface area (Å²) in [7, 11) is 0. The zero-order valence-electron chi connectivity index (χ0n) is 21.4. The van der Waals surface area contributed by atoms with E-state index in [9.17, 15) is 13.2 Å². The lowest BCUT2D eigenvalue weighted by atomic mass is 10.2. The summed E-state index contributed by atoms with van der Waals surface area (Å²) in [5.74, 6) is 0.866. The molecular formula is C28H35F3N4O2. The monoisotopic (exact) mass is 516 g/mol. The van der Waals surface area contributed by atoms with Gasteiger partial charge < -0.3 is 20.1 Å². The fourth-order valence-corrected chi connectivity index (χ4v) is 3.58. The lowest BCUT2D eigenvalue weighted by Gasteiger charge is -2.17. The van der Waals surface area contributed by atoms with Crippen LogP contribution in [0.1, 0.15) is 64.4 Å². The number of rotatable bonds is 15. The first-order valence-electron chi connectivity index (χ1n) is 12.8. The van der Waals surface area contributed by atoms with Crippen molar-refractivity contribution in [3.63, 3.8) is 0 Å². The van der Waals surface area contributed by atoms with Crippen molar-refractivity contribution in [1.29, 1.82) is 0 Å². The Kier molecular flexibility index (Phi) is 10.9. The minimum atomic E-state index is -4.63. The number of unbranched alkanes of at least 4 members (excludes halogenated alkanes) is 5. The molecule has 9 heteroatoms. The standard InChI is InChI=1S/C28H35F3N4O2/c1-3-5-7-11-18-36-22-16-14-21(15-17-22)33-27-32-20-23(28(29,30)31)26(35-27)34-24-12-8-9-13-25(24)37-19-10-6-4-2/h8-9,12-17,20H,3-7,10-11,18-19H2,1-2H3,(H2,32,33,34,35). The average Bonchev–Trinajstić information content (AvgIpc) is 2.88. The van der Waals surface area contributed by atoms with Gasteiger partial charge in [-0.05, 0) is 49.2 Å². The molecule has 0 saturated heterocycles. The highest BCUT2D eigenvalue weighted by atomic mass is 19.4. The molecule has 0 saturated carbocycles. The molecule has 0 amide bonds. The smallest absolute Gasteiger partial charge is 0.421 e. The van der Waals surface area contributed by atoms with Crippen LogP contribution in [-0.4, -0.2) is 23.2 Å². The molecule has 0 aliphatic rings. The topological polar surface area (TPSA) is 68.3 Å². The van der Waals surface area contributed by atoms with Gasteiger partial charge in [0.1, 0.15) is 22.9 Å². The van der Waals surface area contributed by atoms with E-state index in [1.807, 2.05) is 0 Å². The van der Waals surface area contributed by atoms with E-state index in [0.717, 1.165) is 44.1 Å². The van der Waals surface area contributed by atoms with Gasteiger partial charge in [-0.3, -0.25) is 0 Å². The van der Waals surface area contributed by atoms with Crippen LogP contribution in [0.25, 0.3) is 0 Å². The van der Waals surface area contributed by atoms with Gasteiger partial charge in [0.05, 0.1) is 18.9 Å². The van der Waals surface area contributed by atoms with Crippen molar-refractivity contribution in [2.24, 2.45) is 0 Å². The van der Waals surface area contributed by atoms with E-state index >= 15 is 0 Å². The van der Waals surface area contributed by atoms with Gasteiger partial charge >= 0.3 is 6.18 Å². The molecule has 37 heavy (non-hydrogen) atoms. The molecule has 200 valence electrons. The van der Waals surface area contributed by atoms with Gasteiger partial charge in [0.2, 0.25) is 5.95 Å². The largest absolute Gasteiger partial charge is 0.494 e. The Morgan fingerprint density at radius 2 is 1.46 bits per heavy atom. The molecule has 0 unspecified atom stereocenters. The van der Waals surface area contributed by atoms with Crippen LogP contribution in [-0.2, 0) is 6.18 Å². The molecule has 0 bridgehead atoms. The van der Waals surface area contributed by atoms with E-state index in [4.69, 9.17) is 9.47 Å². The zero-order chi connectivity index (χ0) is 26.5. The Morgan fingerprint density at radius 3 is 2.19 bits per heavy atom. The fourth-order valence-electron chi connectivity index (χ4n) is 3.58. The van der Waals surface area contributed by atoms with Crippen LogP contribution in [0, 0.1) is 0 Å². The molecule has 1 aromatic heterocycles. The molecule has 0 aliphatic carbocycles. The summed E-state index contributed by atoms with van der Waals surface area (Å²) in [4.78, 5) is 8.03. The third-order valence-electron chi connectivity index (χ3n) is 5.62. The molecular weight excluding hydrogens is 481 g/mol. The number of hydrogen-bond acceptors (Lipinski definition) is 6. The minimum absolute atomic E-state index is 0.0325. The quantitative estimate of drug-likeness (QED) is 0.197. The summed E-state index contributed by atoms with van der Waals surface area (Å²) in [6, 6.07) is 14.0. The van der Waals surface area contributed by atoms with Crippen molar-refractivity contribution in [1.82, 2.24) is 9.97 Å². The van der Waals surface area contributed by atoms with Crippen molar-refractivity contribution in [3.8, 4) is 11.5 Å². The maximum Gasteiger partial charge on any atom is 0.421 e. The Labute approximate surface area is 216 Å². The first-order valence-corrected chi connectivity index (χ1v) is 12.8. The van der Waals surface area contributed by atoms with Gasteiger partial charge in [0, 0.05) is 11.9 Å². The molecule has 3 aromatic rings. The molecule has 0 radical (unpaired) electrons. The molecule has 0 spiro atoms. The Bertz CT molecular complexity index is 1090. The Morgan fingerprint density at radius 1 is 0.784 bits per heavy atom. The number of benzene rings is 2. The third-order valence-corrected chi connectivity index (χ3v) is 5.62. The Balaban J connectivity index is 1.72. The Hall–Kier alpha value is -3.49. The number of para-hydroxylation sites is 2. The molecule has 1 heterocycles. The summed E-state index contributed by atoms with van der Waals surface area (Å²) in [6.45, 7) is 5.38. The number of hydrogen-bond donors (Lipinski definition) is 2. The minimum Gasteiger partial charge on any atom is -0.494 e. The second-order valence-corrected chi connectivity index (χ2v) is 8.69. The highest BCUT2D eigenvalue weighted by Gasteiger charge is 2.35. The van der Waals surface area contributed by atoms with E-state index in [1.54, 1.807) is 48.5 Å². The second-order valence-electron chi connectivity index (χ2n) is 8.69. The van der Waals surface area contributed by atoms with Gasteiger partial charge in [-0.25, -0.2) is 4.98 Å². The van der Waals surface area contributed by atoms with Crippen molar-refractivity contribution in [2.45, 2.75) is 65.0 Å². The third kappa shape index (κ3) is 9.15. The molecule has 6 nitrogen and oxygen atoms in total. The van der Waals surface area contributed by atoms with Crippen molar-refractivity contribution in [3.05, 3.63) is 60.3 Å². The van der Waals surface area contributed by atoms with Gasteiger partial charge in [0.15, 0.2) is 0 Å². The van der Waals surface area contributed by atoms with Crippen LogP contribution >= 0.6 is 0 Å². The van der Waals surface area contributed by atoms with Crippen molar-refractivity contribution < 1.29 is 22.6 Å². The van der Waals surface area contributed by atoms with Gasteiger partial charge in [-0.15, -0.1) is 0 Å². The summed E-state index contributed by atoms with van der Waals surface area (Å²) >= 11 is 0. The molecule has 2 N–H and O–H groups in total. The van der Waals surface area contributed by atoms with E-state index in [1.165, 1.54) is 12.8 Å². The summed E-state index contributed by atoms with van der Waals surface area (Å²) in [5.41, 5.74) is 0.0592. The lowest BCUT2D eigenvalue weighted by molar-refractivity contribution is -0.137.